The summed E-state index contributed by atoms with van der Waals surface area (Å²) < 4.78 is 38.1. The van der Waals surface area contributed by atoms with Crippen molar-refractivity contribution >= 4 is 11.6 Å². The lowest BCUT2D eigenvalue weighted by molar-refractivity contribution is -0.170. The second-order valence-corrected chi connectivity index (χ2v) is 4.21. The summed E-state index contributed by atoms with van der Waals surface area (Å²) in [5.74, 6) is -1.87. The molecule has 0 radical (unpaired) electrons. The number of alkyl halides is 3. The van der Waals surface area contributed by atoms with Gasteiger partial charge in [0.2, 0.25) is 0 Å². The Morgan fingerprint density at radius 3 is 1.90 bits per heavy atom. The molecular formula is C15H12F3NO. The van der Waals surface area contributed by atoms with Crippen molar-refractivity contribution in [3.8, 4) is 0 Å². The van der Waals surface area contributed by atoms with E-state index in [9.17, 15) is 18.0 Å². The number of para-hydroxylation sites is 1. The van der Waals surface area contributed by atoms with E-state index in [1.807, 2.05) is 0 Å². The third kappa shape index (κ3) is 3.38. The zero-order valence-corrected chi connectivity index (χ0v) is 10.5. The van der Waals surface area contributed by atoms with Crippen molar-refractivity contribution in [1.29, 1.82) is 0 Å². The first kappa shape index (κ1) is 14.1. The van der Waals surface area contributed by atoms with Crippen LogP contribution in [0.3, 0.4) is 0 Å². The van der Waals surface area contributed by atoms with Crippen LogP contribution in [0.1, 0.15) is 5.56 Å². The van der Waals surface area contributed by atoms with Crippen molar-refractivity contribution in [3.05, 3.63) is 66.2 Å². The lowest BCUT2D eigenvalue weighted by atomic mass is 10.2. The normalized spacial score (nSPS) is 11.2. The van der Waals surface area contributed by atoms with Gasteiger partial charge in [-0.3, -0.25) is 4.79 Å². The number of nitrogens with zero attached hydrogens (tertiary/aromatic N) is 1. The van der Waals surface area contributed by atoms with Gasteiger partial charge in [0, 0.05) is 5.69 Å². The molecule has 0 heterocycles. The summed E-state index contributed by atoms with van der Waals surface area (Å²) in [6, 6.07) is 16.4. The van der Waals surface area contributed by atoms with Gasteiger partial charge in [0.05, 0.1) is 6.54 Å². The summed E-state index contributed by atoms with van der Waals surface area (Å²) in [5, 5.41) is 0. The number of hydrogen-bond donors (Lipinski definition) is 0. The number of carbonyl (C=O) groups excluding carboxylic acids is 1. The van der Waals surface area contributed by atoms with Gasteiger partial charge >= 0.3 is 12.1 Å². The molecule has 0 aliphatic carbocycles. The maximum Gasteiger partial charge on any atom is 0.471 e. The van der Waals surface area contributed by atoms with Crippen LogP contribution >= 0.6 is 0 Å². The molecule has 0 fully saturated rings. The number of amides is 1. The summed E-state index contributed by atoms with van der Waals surface area (Å²) >= 11 is 0. The van der Waals surface area contributed by atoms with E-state index in [-0.39, 0.29) is 12.2 Å². The minimum Gasteiger partial charge on any atom is -0.300 e. The van der Waals surface area contributed by atoms with Gasteiger partial charge in [-0.25, -0.2) is 0 Å². The molecule has 0 unspecified atom stereocenters. The topological polar surface area (TPSA) is 20.3 Å². The summed E-state index contributed by atoms with van der Waals surface area (Å²) in [6.07, 6.45) is -4.90. The van der Waals surface area contributed by atoms with Crippen molar-refractivity contribution in [2.75, 3.05) is 4.90 Å². The van der Waals surface area contributed by atoms with Crippen molar-refractivity contribution in [2.24, 2.45) is 0 Å². The molecule has 2 aromatic rings. The maximum absolute atomic E-state index is 12.7. The van der Waals surface area contributed by atoms with Crippen LogP contribution in [-0.2, 0) is 11.3 Å². The lowest BCUT2D eigenvalue weighted by Crippen LogP contribution is -2.40. The monoisotopic (exact) mass is 279 g/mol. The fourth-order valence-electron chi connectivity index (χ4n) is 1.81. The number of rotatable bonds is 3. The van der Waals surface area contributed by atoms with Crippen LogP contribution in [0, 0.1) is 0 Å². The molecule has 0 saturated carbocycles. The highest BCUT2D eigenvalue weighted by Gasteiger charge is 2.43. The third-order valence-corrected chi connectivity index (χ3v) is 2.74. The molecule has 0 aromatic heterocycles. The summed E-state index contributed by atoms with van der Waals surface area (Å²) in [5.41, 5.74) is 0.854. The molecule has 0 saturated heterocycles. The van der Waals surface area contributed by atoms with E-state index < -0.39 is 12.1 Å². The Hall–Kier alpha value is -2.30. The molecule has 0 bridgehead atoms. The lowest BCUT2D eigenvalue weighted by Gasteiger charge is -2.24. The Bertz CT molecular complexity index is 567. The minimum absolute atomic E-state index is 0.122. The SMILES string of the molecule is O=C(N(Cc1ccccc1)c1ccccc1)C(F)(F)F. The van der Waals surface area contributed by atoms with E-state index >= 15 is 0 Å². The van der Waals surface area contributed by atoms with Gasteiger partial charge in [-0.15, -0.1) is 0 Å². The third-order valence-electron chi connectivity index (χ3n) is 2.74. The van der Waals surface area contributed by atoms with E-state index in [4.69, 9.17) is 0 Å². The first-order valence-electron chi connectivity index (χ1n) is 5.96. The Balaban J connectivity index is 2.33. The average Bonchev–Trinajstić information content (AvgIpc) is 2.45. The number of carbonyl (C=O) groups is 1. The number of halogens is 3. The second-order valence-electron chi connectivity index (χ2n) is 4.21. The van der Waals surface area contributed by atoms with Gasteiger partial charge in [-0.2, -0.15) is 13.2 Å². The predicted octanol–water partition coefficient (Wildman–Crippen LogP) is 3.78. The molecule has 2 aromatic carbocycles. The van der Waals surface area contributed by atoms with Gasteiger partial charge in [-0.1, -0.05) is 48.5 Å². The zero-order valence-electron chi connectivity index (χ0n) is 10.5. The van der Waals surface area contributed by atoms with Crippen molar-refractivity contribution < 1.29 is 18.0 Å². The minimum atomic E-state index is -4.90. The quantitative estimate of drug-likeness (QED) is 0.837. The van der Waals surface area contributed by atoms with Crippen LogP contribution in [0.5, 0.6) is 0 Å². The first-order valence-corrected chi connectivity index (χ1v) is 5.96. The molecule has 1 amide bonds. The van der Waals surface area contributed by atoms with E-state index in [2.05, 4.69) is 0 Å². The van der Waals surface area contributed by atoms with Gasteiger partial charge in [0.15, 0.2) is 0 Å². The van der Waals surface area contributed by atoms with Gasteiger partial charge in [-0.05, 0) is 17.7 Å². The fourth-order valence-corrected chi connectivity index (χ4v) is 1.81. The van der Waals surface area contributed by atoms with E-state index in [1.165, 1.54) is 12.1 Å². The highest BCUT2D eigenvalue weighted by Crippen LogP contribution is 2.25. The van der Waals surface area contributed by atoms with Crippen LogP contribution in [0.4, 0.5) is 18.9 Å². The van der Waals surface area contributed by atoms with E-state index in [0.717, 1.165) is 4.90 Å². The van der Waals surface area contributed by atoms with Crippen molar-refractivity contribution in [1.82, 2.24) is 0 Å². The molecule has 2 rings (SSSR count). The van der Waals surface area contributed by atoms with Gasteiger partial charge in [0.25, 0.3) is 0 Å². The number of anilines is 1. The van der Waals surface area contributed by atoms with Crippen LogP contribution in [0.15, 0.2) is 60.7 Å². The summed E-state index contributed by atoms with van der Waals surface area (Å²) in [4.78, 5) is 12.3. The average molecular weight is 279 g/mol. The molecule has 0 N–H and O–H groups in total. The van der Waals surface area contributed by atoms with Crippen LogP contribution in [0.25, 0.3) is 0 Å². The second kappa shape index (κ2) is 5.77. The maximum atomic E-state index is 12.7. The van der Waals surface area contributed by atoms with Crippen LogP contribution in [-0.4, -0.2) is 12.1 Å². The molecule has 2 nitrogen and oxygen atoms in total. The van der Waals surface area contributed by atoms with Gasteiger partial charge in [0.1, 0.15) is 0 Å². The van der Waals surface area contributed by atoms with Gasteiger partial charge < -0.3 is 4.90 Å². The molecule has 0 aliphatic heterocycles. The Kier molecular flexibility index (Phi) is 4.08. The molecule has 0 atom stereocenters. The summed E-state index contributed by atoms with van der Waals surface area (Å²) in [7, 11) is 0. The zero-order chi connectivity index (χ0) is 14.6. The van der Waals surface area contributed by atoms with E-state index in [0.29, 0.717) is 5.56 Å². The smallest absolute Gasteiger partial charge is 0.300 e. The summed E-state index contributed by atoms with van der Waals surface area (Å²) in [6.45, 7) is -0.122. The molecule has 20 heavy (non-hydrogen) atoms. The predicted molar refractivity (Wildman–Crippen MR) is 70.1 cm³/mol. The highest BCUT2D eigenvalue weighted by molar-refractivity contribution is 5.97. The molecule has 0 spiro atoms. The van der Waals surface area contributed by atoms with Crippen molar-refractivity contribution in [3.63, 3.8) is 0 Å². The number of hydrogen-bond acceptors (Lipinski definition) is 1. The molecular weight excluding hydrogens is 267 g/mol. The fraction of sp³-hybridized carbons (Fsp3) is 0.133. The first-order chi connectivity index (χ1) is 9.48. The Labute approximate surface area is 114 Å². The Morgan fingerprint density at radius 1 is 0.900 bits per heavy atom. The largest absolute Gasteiger partial charge is 0.471 e. The molecule has 5 heteroatoms. The van der Waals surface area contributed by atoms with Crippen molar-refractivity contribution in [2.45, 2.75) is 12.7 Å². The van der Waals surface area contributed by atoms with Crippen LogP contribution in [0.2, 0.25) is 0 Å². The molecule has 0 aliphatic rings. The van der Waals surface area contributed by atoms with Crippen LogP contribution < -0.4 is 4.90 Å². The van der Waals surface area contributed by atoms with E-state index in [1.54, 1.807) is 48.5 Å². The standard InChI is InChI=1S/C15H12F3NO/c16-15(17,18)14(20)19(13-9-5-2-6-10-13)11-12-7-3-1-4-8-12/h1-10H,11H2. The molecule has 104 valence electrons. The Morgan fingerprint density at radius 2 is 1.40 bits per heavy atom. The number of benzene rings is 2. The highest BCUT2D eigenvalue weighted by atomic mass is 19.4.